The molecule has 0 bridgehead atoms. The third-order valence-corrected chi connectivity index (χ3v) is 12.4. The van der Waals surface area contributed by atoms with Crippen LogP contribution >= 0.6 is 0 Å². The molecule has 69 heavy (non-hydrogen) atoms. The number of ether oxygens (including phenoxy) is 6. The molecule has 24 heteroatoms. The van der Waals surface area contributed by atoms with Crippen LogP contribution in [0.25, 0.3) is 0 Å². The second kappa shape index (κ2) is 31.5. The molecular formula is C45H80N4O20. The first-order valence-corrected chi connectivity index (χ1v) is 24.3. The van der Waals surface area contributed by atoms with Crippen LogP contribution in [0.2, 0.25) is 0 Å². The lowest BCUT2D eigenvalue weighted by atomic mass is 10.0. The highest BCUT2D eigenvalue weighted by Gasteiger charge is 2.44. The van der Waals surface area contributed by atoms with E-state index >= 15 is 0 Å². The Morgan fingerprint density at radius 2 is 0.826 bits per heavy atom. The lowest BCUT2D eigenvalue weighted by Gasteiger charge is -2.39. The molecule has 0 saturated carbocycles. The Hall–Kier alpha value is -2.89. The normalized spacial score (nSPS) is 32.1. The maximum atomic E-state index is 14.0. The Morgan fingerprint density at radius 1 is 0.478 bits per heavy atom. The number of aliphatic hydroxyl groups is 9. The van der Waals surface area contributed by atoms with Crippen molar-refractivity contribution in [3.05, 3.63) is 0 Å². The first-order chi connectivity index (χ1) is 32.8. The number of unbranched alkanes of at least 4 members (excludes halogenated alkanes) is 5. The summed E-state index contributed by atoms with van der Waals surface area (Å²) in [5, 5.41) is 99.3. The van der Waals surface area contributed by atoms with Crippen LogP contribution in [0.1, 0.15) is 105 Å². The first kappa shape index (κ1) is 60.4. The molecule has 3 rings (SSSR count). The summed E-state index contributed by atoms with van der Waals surface area (Å²) in [5.74, 6) is -1.55. The van der Waals surface area contributed by atoms with Crippen molar-refractivity contribution in [2.75, 3.05) is 52.5 Å². The first-order valence-electron chi connectivity index (χ1n) is 24.3. The van der Waals surface area contributed by atoms with Crippen LogP contribution in [0.15, 0.2) is 0 Å². The van der Waals surface area contributed by atoms with Crippen molar-refractivity contribution in [2.24, 2.45) is 0 Å². The van der Waals surface area contributed by atoms with Gasteiger partial charge in [0.2, 0.25) is 17.7 Å². The molecular weight excluding hydrogens is 917 g/mol. The lowest BCUT2D eigenvalue weighted by molar-refractivity contribution is -0.292. The second-order valence-corrected chi connectivity index (χ2v) is 18.0. The molecule has 0 aromatic carbocycles. The van der Waals surface area contributed by atoms with Crippen LogP contribution in [-0.2, 0) is 52.4 Å². The van der Waals surface area contributed by atoms with Crippen LogP contribution in [0.5, 0.6) is 0 Å². The Morgan fingerprint density at radius 3 is 1.20 bits per heavy atom. The minimum Gasteiger partial charge on any atom is -0.388 e. The topological polar surface area (TPSA) is 362 Å². The van der Waals surface area contributed by atoms with Gasteiger partial charge in [0, 0.05) is 45.3 Å². The molecule has 400 valence electrons. The molecule has 3 saturated heterocycles. The molecule has 16 atom stereocenters. The van der Waals surface area contributed by atoms with Gasteiger partial charge in [-0.1, -0.05) is 32.6 Å². The molecule has 0 aliphatic carbocycles. The van der Waals surface area contributed by atoms with Gasteiger partial charge in [-0.3, -0.25) is 28.9 Å². The van der Waals surface area contributed by atoms with E-state index in [0.717, 1.165) is 25.7 Å². The molecule has 12 N–H and O–H groups in total. The summed E-state index contributed by atoms with van der Waals surface area (Å²) in [5.41, 5.74) is 0. The highest BCUT2D eigenvalue weighted by Crippen LogP contribution is 2.24. The standard InChI is InChI=1S/C45H80N4O20/c1-5-28(50)13-9-6-7-10-14-29(51)15-11-8-12-16-30(42(63)48-19-22-66-45-41(62)38(59)35(56)27(4)69-45)49(23-31(52)46-17-20-64-43-39(60)36(57)33(54)25(2)67-43)24-32(53)47-18-21-65-44-40(61)37(58)34(55)26(3)68-44/h25-27,30,33-41,43-45,54-62H,5-24H2,1-4H3,(H,46,52)(H,47,53)(H,48,63)/t25-,26-,27-,30-,33+,34+,35+,36+,37+,38+,39-,40-,41-,43+,44+,45+/m0/s1. The molecule has 0 unspecified atom stereocenters. The molecule has 24 nitrogen and oxygen atoms in total. The van der Waals surface area contributed by atoms with E-state index in [0.29, 0.717) is 44.9 Å². The van der Waals surface area contributed by atoms with Gasteiger partial charge in [-0.05, 0) is 46.5 Å². The molecule has 3 fully saturated rings. The molecule has 3 aliphatic rings. The van der Waals surface area contributed by atoms with Crippen LogP contribution < -0.4 is 16.0 Å². The summed E-state index contributed by atoms with van der Waals surface area (Å²) in [4.78, 5) is 66.5. The number of aliphatic hydroxyl groups excluding tert-OH is 9. The summed E-state index contributed by atoms with van der Waals surface area (Å²) in [6.07, 6.45) is -13.2. The van der Waals surface area contributed by atoms with Gasteiger partial charge < -0.3 is 90.3 Å². The summed E-state index contributed by atoms with van der Waals surface area (Å²) >= 11 is 0. The third-order valence-electron chi connectivity index (χ3n) is 12.4. The van der Waals surface area contributed by atoms with Gasteiger partial charge in [0.1, 0.15) is 66.5 Å². The van der Waals surface area contributed by atoms with Gasteiger partial charge in [-0.25, -0.2) is 0 Å². The van der Waals surface area contributed by atoms with E-state index in [1.807, 2.05) is 6.92 Å². The molecule has 0 spiro atoms. The Kier molecular flexibility index (Phi) is 27.6. The lowest BCUT2D eigenvalue weighted by Crippen LogP contribution is -2.58. The van der Waals surface area contributed by atoms with Gasteiger partial charge in [-0.2, -0.15) is 0 Å². The van der Waals surface area contributed by atoms with Crippen molar-refractivity contribution in [3.8, 4) is 0 Å². The Balaban J connectivity index is 1.67. The van der Waals surface area contributed by atoms with Gasteiger partial charge in [0.05, 0.1) is 57.3 Å². The summed E-state index contributed by atoms with van der Waals surface area (Å²) in [6.45, 7) is 4.30. The monoisotopic (exact) mass is 997 g/mol. The number of carbonyl (C=O) groups excluding carboxylic acids is 5. The van der Waals surface area contributed by atoms with Crippen molar-refractivity contribution < 1.29 is 98.4 Å². The zero-order valence-electron chi connectivity index (χ0n) is 40.3. The van der Waals surface area contributed by atoms with E-state index in [2.05, 4.69) is 16.0 Å². The fourth-order valence-electron chi connectivity index (χ4n) is 8.02. The fourth-order valence-corrected chi connectivity index (χ4v) is 8.02. The minimum absolute atomic E-state index is 0.0982. The summed E-state index contributed by atoms with van der Waals surface area (Å²) in [6, 6.07) is -1.11. The van der Waals surface area contributed by atoms with Gasteiger partial charge >= 0.3 is 0 Å². The highest BCUT2D eigenvalue weighted by molar-refractivity contribution is 5.86. The molecule has 0 aromatic heterocycles. The zero-order valence-corrected chi connectivity index (χ0v) is 40.3. The quantitative estimate of drug-likeness (QED) is 0.0290. The number of Topliss-reactive ketones (excluding diaryl/α,β-unsaturated/α-hetero) is 2. The summed E-state index contributed by atoms with van der Waals surface area (Å²) in [7, 11) is 0. The number of nitrogens with zero attached hydrogens (tertiary/aromatic N) is 1. The van der Waals surface area contributed by atoms with Gasteiger partial charge in [0.15, 0.2) is 18.9 Å². The van der Waals surface area contributed by atoms with E-state index < -0.39 is 129 Å². The number of nitrogens with one attached hydrogen (secondary N) is 3. The van der Waals surface area contributed by atoms with E-state index in [4.69, 9.17) is 28.4 Å². The fraction of sp³-hybridized carbons (Fsp3) is 0.889. The van der Waals surface area contributed by atoms with Gasteiger partial charge in [-0.15, -0.1) is 0 Å². The molecule has 0 radical (unpaired) electrons. The molecule has 3 aliphatic heterocycles. The molecule has 3 amide bonds. The average Bonchev–Trinajstić information content (AvgIpc) is 3.32. The Labute approximate surface area is 403 Å². The second-order valence-electron chi connectivity index (χ2n) is 18.0. The van der Waals surface area contributed by atoms with Gasteiger partial charge in [0.25, 0.3) is 0 Å². The third kappa shape index (κ3) is 20.3. The largest absolute Gasteiger partial charge is 0.388 e. The van der Waals surface area contributed by atoms with Crippen molar-refractivity contribution in [1.82, 2.24) is 20.9 Å². The predicted molar refractivity (Wildman–Crippen MR) is 240 cm³/mol. The molecule has 0 aromatic rings. The van der Waals surface area contributed by atoms with Crippen molar-refractivity contribution in [2.45, 2.75) is 203 Å². The van der Waals surface area contributed by atoms with E-state index in [1.165, 1.54) is 25.7 Å². The zero-order chi connectivity index (χ0) is 51.2. The number of ketones is 2. The van der Waals surface area contributed by atoms with Crippen LogP contribution in [0, 0.1) is 0 Å². The van der Waals surface area contributed by atoms with Crippen molar-refractivity contribution in [3.63, 3.8) is 0 Å². The number of rotatable bonds is 32. The highest BCUT2D eigenvalue weighted by atomic mass is 16.7. The smallest absolute Gasteiger partial charge is 0.237 e. The van der Waals surface area contributed by atoms with Crippen molar-refractivity contribution in [1.29, 1.82) is 0 Å². The average molecular weight is 997 g/mol. The van der Waals surface area contributed by atoms with Crippen LogP contribution in [0.4, 0.5) is 0 Å². The predicted octanol–water partition coefficient (Wildman–Crippen LogP) is -3.62. The van der Waals surface area contributed by atoms with E-state index in [1.54, 1.807) is 0 Å². The van der Waals surface area contributed by atoms with E-state index in [9.17, 15) is 69.9 Å². The number of amides is 3. The van der Waals surface area contributed by atoms with Crippen LogP contribution in [0.3, 0.4) is 0 Å². The summed E-state index contributed by atoms with van der Waals surface area (Å²) < 4.78 is 32.9. The maximum absolute atomic E-state index is 14.0. The number of carbonyl (C=O) groups is 5. The van der Waals surface area contributed by atoms with E-state index in [-0.39, 0.29) is 57.4 Å². The maximum Gasteiger partial charge on any atom is 0.237 e. The SMILES string of the molecule is CCC(=O)CCCCCCC(=O)CCCCC[C@@H](C(=O)NCCO[C@@H]1O[C@@H](C)[C@@H](O)[C@@H](O)[C@@H]1O)N(CC(=O)NCCO[C@@H]1O[C@@H](C)[C@@H](O)[C@@H](O)[C@@H]1O)CC(=O)NCCO[C@@H]1O[C@@H](C)[C@@H](O)[C@@H](O)[C@@H]1O. The number of hydrogen-bond donors (Lipinski definition) is 12. The minimum atomic E-state index is -1.58. The van der Waals surface area contributed by atoms with Crippen LogP contribution in [-0.4, -0.2) is 231 Å². The Bertz CT molecular complexity index is 1500. The molecule has 3 heterocycles. The number of hydrogen-bond acceptors (Lipinski definition) is 21. The van der Waals surface area contributed by atoms with Crippen molar-refractivity contribution >= 4 is 29.3 Å².